The molecule has 22 heavy (non-hydrogen) atoms. The Bertz CT molecular complexity index is 390. The van der Waals surface area contributed by atoms with Crippen LogP contribution in [0.25, 0.3) is 0 Å². The molecule has 1 fully saturated rings. The highest BCUT2D eigenvalue weighted by Crippen LogP contribution is 2.18. The van der Waals surface area contributed by atoms with E-state index in [2.05, 4.69) is 15.0 Å². The molecule has 0 aromatic heterocycles. The number of likely N-dealkylation sites (tertiary alicyclic amines) is 1. The lowest BCUT2D eigenvalue weighted by molar-refractivity contribution is -0.149. The first-order chi connectivity index (χ1) is 10.1. The van der Waals surface area contributed by atoms with Gasteiger partial charge < -0.3 is 19.7 Å². The molecule has 1 saturated heterocycles. The molecule has 0 amide bonds. The number of carbonyl (C=O) groups excluding carboxylic acids is 2. The molecule has 1 unspecified atom stereocenters. The van der Waals surface area contributed by atoms with Gasteiger partial charge in [0.1, 0.15) is 0 Å². The lowest BCUT2D eigenvalue weighted by atomic mass is 9.98. The molecular formula is C14H26IN3O4. The van der Waals surface area contributed by atoms with Crippen LogP contribution < -0.4 is 5.32 Å². The van der Waals surface area contributed by atoms with Gasteiger partial charge in [0.15, 0.2) is 5.96 Å². The second-order valence-electron chi connectivity index (χ2n) is 4.84. The molecule has 0 aromatic rings. The molecule has 1 rings (SSSR count). The molecule has 8 heteroatoms. The Morgan fingerprint density at radius 1 is 1.41 bits per heavy atom. The van der Waals surface area contributed by atoms with Crippen LogP contribution in [-0.4, -0.2) is 63.2 Å². The van der Waals surface area contributed by atoms with Gasteiger partial charge in [0, 0.05) is 26.7 Å². The van der Waals surface area contributed by atoms with Gasteiger partial charge in [-0.15, -0.1) is 24.0 Å². The van der Waals surface area contributed by atoms with Crippen LogP contribution in [0.1, 0.15) is 26.2 Å². The SMILES string of the molecule is CCOC(=O)C1CCCN(C(=NC)NCCC(=O)OC)C1.I. The van der Waals surface area contributed by atoms with Crippen LogP contribution >= 0.6 is 24.0 Å². The molecule has 0 saturated carbocycles. The van der Waals surface area contributed by atoms with Crippen LogP contribution in [-0.2, 0) is 19.1 Å². The predicted molar refractivity (Wildman–Crippen MR) is 94.3 cm³/mol. The van der Waals surface area contributed by atoms with Crippen molar-refractivity contribution in [1.29, 1.82) is 0 Å². The molecule has 0 radical (unpaired) electrons. The Morgan fingerprint density at radius 2 is 2.14 bits per heavy atom. The molecule has 1 heterocycles. The van der Waals surface area contributed by atoms with Crippen LogP contribution in [0, 0.1) is 5.92 Å². The van der Waals surface area contributed by atoms with Gasteiger partial charge in [-0.1, -0.05) is 0 Å². The molecule has 0 bridgehead atoms. The van der Waals surface area contributed by atoms with Gasteiger partial charge in [0.25, 0.3) is 0 Å². The smallest absolute Gasteiger partial charge is 0.310 e. The van der Waals surface area contributed by atoms with E-state index in [-0.39, 0.29) is 48.3 Å². The fourth-order valence-electron chi connectivity index (χ4n) is 2.33. The van der Waals surface area contributed by atoms with E-state index in [9.17, 15) is 9.59 Å². The minimum Gasteiger partial charge on any atom is -0.469 e. The number of halogens is 1. The van der Waals surface area contributed by atoms with Crippen LogP contribution in [0.3, 0.4) is 0 Å². The van der Waals surface area contributed by atoms with Gasteiger partial charge in [0.05, 0.1) is 26.1 Å². The summed E-state index contributed by atoms with van der Waals surface area (Å²) in [4.78, 5) is 29.2. The highest BCUT2D eigenvalue weighted by molar-refractivity contribution is 14.0. The van der Waals surface area contributed by atoms with Crippen molar-refractivity contribution in [2.75, 3.05) is 40.4 Å². The van der Waals surface area contributed by atoms with Gasteiger partial charge in [-0.3, -0.25) is 14.6 Å². The fourth-order valence-corrected chi connectivity index (χ4v) is 2.33. The lowest BCUT2D eigenvalue weighted by Crippen LogP contribution is -2.48. The summed E-state index contributed by atoms with van der Waals surface area (Å²) in [5.41, 5.74) is 0. The molecule has 1 aliphatic heterocycles. The summed E-state index contributed by atoms with van der Waals surface area (Å²) in [5.74, 6) is 0.180. The minimum atomic E-state index is -0.263. The first-order valence-corrected chi connectivity index (χ1v) is 7.31. The van der Waals surface area contributed by atoms with E-state index in [1.165, 1.54) is 7.11 Å². The Balaban J connectivity index is 0.00000441. The number of hydrogen-bond acceptors (Lipinski definition) is 5. The van der Waals surface area contributed by atoms with Crippen molar-refractivity contribution >= 4 is 41.9 Å². The van der Waals surface area contributed by atoms with Crippen molar-refractivity contribution in [3.8, 4) is 0 Å². The van der Waals surface area contributed by atoms with Crippen LogP contribution in [0.15, 0.2) is 4.99 Å². The van der Waals surface area contributed by atoms with Crippen molar-refractivity contribution in [1.82, 2.24) is 10.2 Å². The van der Waals surface area contributed by atoms with E-state index in [0.29, 0.717) is 25.7 Å². The van der Waals surface area contributed by atoms with Crippen LogP contribution in [0.5, 0.6) is 0 Å². The highest BCUT2D eigenvalue weighted by atomic mass is 127. The topological polar surface area (TPSA) is 80.2 Å². The van der Waals surface area contributed by atoms with Gasteiger partial charge >= 0.3 is 11.9 Å². The summed E-state index contributed by atoms with van der Waals surface area (Å²) in [6.45, 7) is 4.11. The number of esters is 2. The minimum absolute atomic E-state index is 0. The van der Waals surface area contributed by atoms with Crippen molar-refractivity contribution < 1.29 is 19.1 Å². The Labute approximate surface area is 148 Å². The number of guanidine groups is 1. The maximum Gasteiger partial charge on any atom is 0.310 e. The van der Waals surface area contributed by atoms with E-state index in [1.807, 2.05) is 11.8 Å². The molecular weight excluding hydrogens is 401 g/mol. The normalized spacial score (nSPS) is 18.2. The summed E-state index contributed by atoms with van der Waals surface area (Å²) in [5, 5.41) is 3.12. The van der Waals surface area contributed by atoms with Gasteiger partial charge in [-0.05, 0) is 19.8 Å². The molecule has 0 spiro atoms. The molecule has 1 aliphatic rings. The quantitative estimate of drug-likeness (QED) is 0.306. The summed E-state index contributed by atoms with van der Waals surface area (Å²) in [6.07, 6.45) is 2.04. The van der Waals surface area contributed by atoms with Crippen molar-refractivity contribution in [2.24, 2.45) is 10.9 Å². The summed E-state index contributed by atoms with van der Waals surface area (Å²) in [6, 6.07) is 0. The van der Waals surface area contributed by atoms with Gasteiger partial charge in [-0.25, -0.2) is 0 Å². The maximum atomic E-state index is 11.8. The number of aliphatic imine (C=N–C) groups is 1. The average molecular weight is 427 g/mol. The zero-order valence-corrected chi connectivity index (χ0v) is 15.8. The van der Waals surface area contributed by atoms with Crippen LogP contribution in [0.4, 0.5) is 0 Å². The second kappa shape index (κ2) is 11.5. The number of nitrogens with zero attached hydrogens (tertiary/aromatic N) is 2. The molecule has 128 valence electrons. The van der Waals surface area contributed by atoms with E-state index in [4.69, 9.17) is 4.74 Å². The van der Waals surface area contributed by atoms with Gasteiger partial charge in [0.2, 0.25) is 0 Å². The third-order valence-electron chi connectivity index (χ3n) is 3.39. The molecule has 1 N–H and O–H groups in total. The highest BCUT2D eigenvalue weighted by Gasteiger charge is 2.28. The lowest BCUT2D eigenvalue weighted by Gasteiger charge is -2.33. The summed E-state index contributed by atoms with van der Waals surface area (Å²) >= 11 is 0. The Hall–Kier alpha value is -1.06. The van der Waals surface area contributed by atoms with E-state index >= 15 is 0 Å². The first kappa shape index (κ1) is 20.9. The Morgan fingerprint density at radius 3 is 2.73 bits per heavy atom. The number of carbonyl (C=O) groups is 2. The first-order valence-electron chi connectivity index (χ1n) is 7.31. The summed E-state index contributed by atoms with van der Waals surface area (Å²) < 4.78 is 9.68. The van der Waals surface area contributed by atoms with E-state index in [0.717, 1.165) is 19.4 Å². The Kier molecular flexibility index (Phi) is 10.9. The molecule has 0 aliphatic carbocycles. The monoisotopic (exact) mass is 427 g/mol. The van der Waals surface area contributed by atoms with Crippen molar-refractivity contribution in [2.45, 2.75) is 26.2 Å². The largest absolute Gasteiger partial charge is 0.469 e. The van der Waals surface area contributed by atoms with E-state index in [1.54, 1.807) is 7.05 Å². The van der Waals surface area contributed by atoms with Crippen LogP contribution in [0.2, 0.25) is 0 Å². The van der Waals surface area contributed by atoms with E-state index < -0.39 is 0 Å². The number of ether oxygens (including phenoxy) is 2. The number of piperidine rings is 1. The van der Waals surface area contributed by atoms with Crippen molar-refractivity contribution in [3.63, 3.8) is 0 Å². The average Bonchev–Trinajstić information content (AvgIpc) is 2.51. The molecule has 7 nitrogen and oxygen atoms in total. The third kappa shape index (κ3) is 6.80. The number of methoxy groups -OCH3 is 1. The van der Waals surface area contributed by atoms with Crippen molar-refractivity contribution in [3.05, 3.63) is 0 Å². The molecule has 0 aromatic carbocycles. The number of nitrogens with one attached hydrogen (secondary N) is 1. The predicted octanol–water partition coefficient (Wildman–Crippen LogP) is 1.02. The fraction of sp³-hybridized carbons (Fsp3) is 0.786. The maximum absolute atomic E-state index is 11.8. The zero-order chi connectivity index (χ0) is 15.7. The molecule has 1 atom stereocenters. The zero-order valence-electron chi connectivity index (χ0n) is 13.5. The number of hydrogen-bond donors (Lipinski definition) is 1. The third-order valence-corrected chi connectivity index (χ3v) is 3.39. The number of rotatable bonds is 5. The standard InChI is InChI=1S/C14H25N3O4.HI/c1-4-21-13(19)11-6-5-9-17(10-11)14(15-2)16-8-7-12(18)20-3;/h11H,4-10H2,1-3H3,(H,15,16);1H. The van der Waals surface area contributed by atoms with Gasteiger partial charge in [-0.2, -0.15) is 0 Å². The summed E-state index contributed by atoms with van der Waals surface area (Å²) in [7, 11) is 3.06. The second-order valence-corrected chi connectivity index (χ2v) is 4.84.